The highest BCUT2D eigenvalue weighted by Gasteiger charge is 2.08. The third kappa shape index (κ3) is 4.16. The molecule has 0 aromatic carbocycles. The van der Waals surface area contributed by atoms with Gasteiger partial charge in [-0.2, -0.15) is 0 Å². The summed E-state index contributed by atoms with van der Waals surface area (Å²) in [5.41, 5.74) is 0. The van der Waals surface area contributed by atoms with Crippen molar-refractivity contribution in [1.82, 2.24) is 34.7 Å². The van der Waals surface area contributed by atoms with Gasteiger partial charge in [-0.25, -0.2) is 9.67 Å². The number of aromatic nitrogens is 6. The number of rotatable bonds is 7. The maximum atomic E-state index is 11.9. The summed E-state index contributed by atoms with van der Waals surface area (Å²) in [6.07, 6.45) is 8.15. The first-order valence-electron chi connectivity index (χ1n) is 6.16. The summed E-state index contributed by atoms with van der Waals surface area (Å²) in [6.45, 7) is 2.10. The molecule has 8 nitrogen and oxygen atoms in total. The molecule has 0 atom stereocenters. The second-order valence-corrected chi connectivity index (χ2v) is 4.29. The molecular formula is C11H17N7O. The average molecular weight is 263 g/mol. The van der Waals surface area contributed by atoms with Crippen molar-refractivity contribution in [2.75, 3.05) is 13.6 Å². The fraction of sp³-hybridized carbons (Fsp3) is 0.545. The molecule has 0 spiro atoms. The molecule has 0 saturated heterocycles. The molecule has 0 radical (unpaired) electrons. The van der Waals surface area contributed by atoms with Crippen LogP contribution in [0.2, 0.25) is 0 Å². The van der Waals surface area contributed by atoms with Gasteiger partial charge in [0.05, 0.1) is 6.33 Å². The van der Waals surface area contributed by atoms with Crippen LogP contribution in [-0.2, 0) is 17.9 Å². The molecule has 2 rings (SSSR count). The quantitative estimate of drug-likeness (QED) is 0.691. The molecule has 0 fully saturated rings. The fourth-order valence-corrected chi connectivity index (χ4v) is 1.68. The summed E-state index contributed by atoms with van der Waals surface area (Å²) < 4.78 is 3.57. The number of hydrogen-bond donors (Lipinski definition) is 0. The van der Waals surface area contributed by atoms with Crippen LogP contribution in [0.25, 0.3) is 0 Å². The number of likely N-dealkylation sites (N-methyl/N-ethyl adjacent to an activating group) is 1. The van der Waals surface area contributed by atoms with E-state index in [9.17, 15) is 4.79 Å². The summed E-state index contributed by atoms with van der Waals surface area (Å²) in [6, 6.07) is 0. The minimum atomic E-state index is 0.133. The van der Waals surface area contributed by atoms with E-state index in [4.69, 9.17) is 0 Å². The van der Waals surface area contributed by atoms with Gasteiger partial charge in [0, 0.05) is 45.5 Å². The van der Waals surface area contributed by atoms with E-state index in [1.54, 1.807) is 28.4 Å². The van der Waals surface area contributed by atoms with Gasteiger partial charge in [0.15, 0.2) is 0 Å². The summed E-state index contributed by atoms with van der Waals surface area (Å²) >= 11 is 0. The van der Waals surface area contributed by atoms with Gasteiger partial charge in [-0.3, -0.25) is 4.79 Å². The van der Waals surface area contributed by atoms with Crippen molar-refractivity contribution in [2.24, 2.45) is 0 Å². The number of carbonyl (C=O) groups excluding carboxylic acids is 1. The van der Waals surface area contributed by atoms with Crippen LogP contribution in [0, 0.1) is 0 Å². The molecule has 0 aliphatic rings. The van der Waals surface area contributed by atoms with Crippen LogP contribution in [-0.4, -0.2) is 54.2 Å². The van der Waals surface area contributed by atoms with Gasteiger partial charge in [0.2, 0.25) is 5.91 Å². The number of aryl methyl sites for hydroxylation is 1. The molecule has 0 aliphatic heterocycles. The van der Waals surface area contributed by atoms with Crippen molar-refractivity contribution in [2.45, 2.75) is 25.9 Å². The molecule has 0 saturated carbocycles. The average Bonchev–Trinajstić information content (AvgIpc) is 3.08. The highest BCUT2D eigenvalue weighted by molar-refractivity contribution is 5.75. The summed E-state index contributed by atoms with van der Waals surface area (Å²) in [7, 11) is 1.82. The van der Waals surface area contributed by atoms with Crippen molar-refractivity contribution >= 4 is 5.91 Å². The van der Waals surface area contributed by atoms with E-state index in [1.807, 2.05) is 17.8 Å². The number of carbonyl (C=O) groups is 1. The standard InChI is InChI=1S/C11H17N7O/c1-16(7-8-17-6-4-12-9-17)11(19)3-2-5-18-10-13-14-15-18/h4,6,9-10H,2-3,5,7-8H2,1H3. The lowest BCUT2D eigenvalue weighted by molar-refractivity contribution is -0.130. The molecule has 2 heterocycles. The maximum Gasteiger partial charge on any atom is 0.222 e. The van der Waals surface area contributed by atoms with E-state index in [2.05, 4.69) is 20.5 Å². The van der Waals surface area contributed by atoms with E-state index >= 15 is 0 Å². The second-order valence-electron chi connectivity index (χ2n) is 4.29. The van der Waals surface area contributed by atoms with Gasteiger partial charge >= 0.3 is 0 Å². The zero-order valence-corrected chi connectivity index (χ0v) is 10.9. The molecule has 0 bridgehead atoms. The molecule has 2 aromatic rings. The van der Waals surface area contributed by atoms with Crippen molar-refractivity contribution in [1.29, 1.82) is 0 Å². The zero-order valence-electron chi connectivity index (χ0n) is 10.9. The largest absolute Gasteiger partial charge is 0.344 e. The molecule has 8 heteroatoms. The first-order valence-corrected chi connectivity index (χ1v) is 6.16. The Balaban J connectivity index is 1.64. The van der Waals surface area contributed by atoms with Gasteiger partial charge < -0.3 is 9.47 Å². The van der Waals surface area contributed by atoms with Gasteiger partial charge in [0.1, 0.15) is 6.33 Å². The number of tetrazole rings is 1. The predicted molar refractivity (Wildman–Crippen MR) is 66.9 cm³/mol. The van der Waals surface area contributed by atoms with Crippen molar-refractivity contribution in [3.8, 4) is 0 Å². The second kappa shape index (κ2) is 6.62. The molecule has 19 heavy (non-hydrogen) atoms. The molecule has 1 amide bonds. The predicted octanol–water partition coefficient (Wildman–Crippen LogP) is -0.192. The fourth-order valence-electron chi connectivity index (χ4n) is 1.68. The minimum absolute atomic E-state index is 0.133. The van der Waals surface area contributed by atoms with Crippen LogP contribution in [0.5, 0.6) is 0 Å². The Labute approximate surface area is 111 Å². The zero-order chi connectivity index (χ0) is 13.5. The summed E-state index contributed by atoms with van der Waals surface area (Å²) in [4.78, 5) is 17.6. The van der Waals surface area contributed by atoms with Crippen LogP contribution in [0.3, 0.4) is 0 Å². The number of amides is 1. The SMILES string of the molecule is CN(CCn1ccnc1)C(=O)CCCn1cnnn1. The van der Waals surface area contributed by atoms with Crippen LogP contribution in [0.4, 0.5) is 0 Å². The lowest BCUT2D eigenvalue weighted by Crippen LogP contribution is -2.29. The Morgan fingerprint density at radius 1 is 1.32 bits per heavy atom. The van der Waals surface area contributed by atoms with Crippen molar-refractivity contribution < 1.29 is 4.79 Å². The Hall–Kier alpha value is -2.25. The molecule has 0 unspecified atom stereocenters. The van der Waals surface area contributed by atoms with Crippen LogP contribution >= 0.6 is 0 Å². The minimum Gasteiger partial charge on any atom is -0.344 e. The summed E-state index contributed by atoms with van der Waals surface area (Å²) in [5, 5.41) is 10.8. The molecule has 2 aromatic heterocycles. The molecular weight excluding hydrogens is 246 g/mol. The Morgan fingerprint density at radius 3 is 2.89 bits per heavy atom. The van der Waals surface area contributed by atoms with Gasteiger partial charge in [-0.05, 0) is 16.8 Å². The van der Waals surface area contributed by atoms with Crippen LogP contribution in [0.15, 0.2) is 25.0 Å². The molecule has 102 valence electrons. The van der Waals surface area contributed by atoms with E-state index in [1.165, 1.54) is 0 Å². The highest BCUT2D eigenvalue weighted by atomic mass is 16.2. The van der Waals surface area contributed by atoms with Gasteiger partial charge in [-0.15, -0.1) is 5.10 Å². The van der Waals surface area contributed by atoms with E-state index in [0.717, 1.165) is 13.0 Å². The third-order valence-corrected chi connectivity index (χ3v) is 2.85. The lowest BCUT2D eigenvalue weighted by atomic mass is 10.3. The van der Waals surface area contributed by atoms with Gasteiger partial charge in [-0.1, -0.05) is 0 Å². The summed E-state index contributed by atoms with van der Waals surface area (Å²) in [5.74, 6) is 0.133. The first kappa shape index (κ1) is 13.2. The van der Waals surface area contributed by atoms with E-state index in [-0.39, 0.29) is 5.91 Å². The van der Waals surface area contributed by atoms with Crippen LogP contribution < -0.4 is 0 Å². The lowest BCUT2D eigenvalue weighted by Gasteiger charge is -2.17. The normalized spacial score (nSPS) is 10.6. The topological polar surface area (TPSA) is 81.7 Å². The number of nitrogens with zero attached hydrogens (tertiary/aromatic N) is 7. The van der Waals surface area contributed by atoms with Crippen molar-refractivity contribution in [3.63, 3.8) is 0 Å². The smallest absolute Gasteiger partial charge is 0.222 e. The first-order chi connectivity index (χ1) is 9.25. The maximum absolute atomic E-state index is 11.9. The number of imidazole rings is 1. The highest BCUT2D eigenvalue weighted by Crippen LogP contribution is 1.98. The van der Waals surface area contributed by atoms with Crippen LogP contribution in [0.1, 0.15) is 12.8 Å². The van der Waals surface area contributed by atoms with E-state index in [0.29, 0.717) is 19.5 Å². The Morgan fingerprint density at radius 2 is 2.21 bits per heavy atom. The van der Waals surface area contributed by atoms with E-state index < -0.39 is 0 Å². The molecule has 0 aliphatic carbocycles. The van der Waals surface area contributed by atoms with Gasteiger partial charge in [0.25, 0.3) is 0 Å². The monoisotopic (exact) mass is 263 g/mol. The Bertz CT molecular complexity index is 479. The third-order valence-electron chi connectivity index (χ3n) is 2.85. The number of hydrogen-bond acceptors (Lipinski definition) is 5. The Kier molecular flexibility index (Phi) is 4.60. The molecule has 0 N–H and O–H groups in total. The van der Waals surface area contributed by atoms with Crippen molar-refractivity contribution in [3.05, 3.63) is 25.0 Å².